The van der Waals surface area contributed by atoms with E-state index >= 15 is 0 Å². The van der Waals surface area contributed by atoms with Gasteiger partial charge in [-0.2, -0.15) is 0 Å². The molecule has 2 heterocycles. The van der Waals surface area contributed by atoms with E-state index < -0.39 is 0 Å². The largest absolute Gasteiger partial charge is 0.498 e. The molecule has 0 radical (unpaired) electrons. The summed E-state index contributed by atoms with van der Waals surface area (Å²) < 4.78 is 10.7. The van der Waals surface area contributed by atoms with Gasteiger partial charge >= 0.3 is 5.97 Å². The van der Waals surface area contributed by atoms with Crippen molar-refractivity contribution in [3.63, 3.8) is 0 Å². The molecule has 2 aliphatic rings. The fourth-order valence-corrected chi connectivity index (χ4v) is 3.48. The Bertz CT molecular complexity index is 572. The van der Waals surface area contributed by atoms with Crippen molar-refractivity contribution in [2.45, 2.75) is 65.3 Å². The molecule has 0 saturated heterocycles. The van der Waals surface area contributed by atoms with E-state index in [1.165, 1.54) is 0 Å². The minimum Gasteiger partial charge on any atom is -0.498 e. The molecule has 0 aliphatic carbocycles. The van der Waals surface area contributed by atoms with Crippen LogP contribution >= 0.6 is 0 Å². The molecule has 0 aromatic carbocycles. The standard InChI is InChI=1S/C19H28NO4/c1-4-23-15-11-16(21)14-7-6-9-19(3,17(12-15)20-13-14)10-8-18(22)24-5-2/h11,14,17H,4-10,12H2,1-3H3/q+1/b15-11+/t14-,17+,19-/m0/s1. The molecule has 24 heavy (non-hydrogen) atoms. The second kappa shape index (κ2) is 8.32. The van der Waals surface area contributed by atoms with Crippen LogP contribution in [0.1, 0.15) is 59.3 Å². The van der Waals surface area contributed by atoms with Gasteiger partial charge in [0.05, 0.1) is 19.6 Å². The minimum absolute atomic E-state index is 0.0272. The lowest BCUT2D eigenvalue weighted by Crippen LogP contribution is -2.34. The monoisotopic (exact) mass is 334 g/mol. The number of ketones is 1. The molecule has 0 fully saturated rings. The molecule has 0 amide bonds. The summed E-state index contributed by atoms with van der Waals surface area (Å²) in [6.07, 6.45) is 5.95. The third-order valence-corrected chi connectivity index (χ3v) is 5.01. The first-order valence-corrected chi connectivity index (χ1v) is 8.96. The summed E-state index contributed by atoms with van der Waals surface area (Å²) in [4.78, 5) is 28.7. The van der Waals surface area contributed by atoms with Gasteiger partial charge in [-0.25, -0.2) is 0 Å². The highest BCUT2D eigenvalue weighted by Gasteiger charge is 2.45. The molecule has 2 rings (SSSR count). The number of carbonyl (C=O) groups excluding carboxylic acids is 2. The first kappa shape index (κ1) is 18.5. The molecule has 0 spiro atoms. The normalized spacial score (nSPS) is 31.5. The maximum Gasteiger partial charge on any atom is 0.305 e. The van der Waals surface area contributed by atoms with E-state index in [0.717, 1.165) is 25.7 Å². The van der Waals surface area contributed by atoms with Crippen molar-refractivity contribution in [2.24, 2.45) is 11.3 Å². The summed E-state index contributed by atoms with van der Waals surface area (Å²) in [6, 6.07) is 3.04. The van der Waals surface area contributed by atoms with Gasteiger partial charge in [-0.3, -0.25) is 9.59 Å². The van der Waals surface area contributed by atoms with E-state index in [0.29, 0.717) is 31.8 Å². The van der Waals surface area contributed by atoms with Crippen LogP contribution in [0.5, 0.6) is 0 Å². The third kappa shape index (κ3) is 4.59. The van der Waals surface area contributed by atoms with E-state index in [-0.39, 0.29) is 29.1 Å². The molecule has 0 aromatic heterocycles. The minimum atomic E-state index is -0.266. The highest BCUT2D eigenvalue weighted by atomic mass is 16.5. The van der Waals surface area contributed by atoms with Gasteiger partial charge in [-0.1, -0.05) is 18.2 Å². The van der Waals surface area contributed by atoms with Crippen molar-refractivity contribution in [1.29, 1.82) is 0 Å². The van der Waals surface area contributed by atoms with Crippen molar-refractivity contribution in [2.75, 3.05) is 13.2 Å². The molecule has 2 aliphatic heterocycles. The van der Waals surface area contributed by atoms with Crippen LogP contribution in [-0.4, -0.2) is 31.0 Å². The fraction of sp³-hybridized carbons (Fsp3) is 0.737. The van der Waals surface area contributed by atoms with Crippen LogP contribution in [0.4, 0.5) is 0 Å². The smallest absolute Gasteiger partial charge is 0.305 e. The lowest BCUT2D eigenvalue weighted by molar-refractivity contribution is -0.143. The molecule has 132 valence electrons. The maximum atomic E-state index is 12.3. The summed E-state index contributed by atoms with van der Waals surface area (Å²) in [5, 5.41) is 0. The van der Waals surface area contributed by atoms with E-state index in [2.05, 4.69) is 17.8 Å². The lowest BCUT2D eigenvalue weighted by Gasteiger charge is -2.30. The Kier molecular flexibility index (Phi) is 6.42. The highest BCUT2D eigenvalue weighted by molar-refractivity contribution is 5.94. The van der Waals surface area contributed by atoms with Gasteiger partial charge in [0.25, 0.3) is 12.1 Å². The summed E-state index contributed by atoms with van der Waals surface area (Å²) in [5.74, 6) is 0.314. The highest BCUT2D eigenvalue weighted by Crippen LogP contribution is 2.41. The summed E-state index contributed by atoms with van der Waals surface area (Å²) in [6.45, 7) is 6.85. The van der Waals surface area contributed by atoms with E-state index in [4.69, 9.17) is 9.47 Å². The Morgan fingerprint density at radius 1 is 1.42 bits per heavy atom. The van der Waals surface area contributed by atoms with Crippen molar-refractivity contribution in [1.82, 2.24) is 0 Å². The summed E-state index contributed by atoms with van der Waals surface area (Å²) in [5.41, 5.74) is -0.124. The van der Waals surface area contributed by atoms with E-state index in [1.807, 2.05) is 13.8 Å². The van der Waals surface area contributed by atoms with Crippen molar-refractivity contribution >= 4 is 11.8 Å². The second-order valence-corrected chi connectivity index (χ2v) is 6.83. The van der Waals surface area contributed by atoms with Gasteiger partial charge in [0, 0.05) is 17.9 Å². The molecule has 0 unspecified atom stereocenters. The van der Waals surface area contributed by atoms with Crippen molar-refractivity contribution in [3.8, 4) is 6.07 Å². The molecule has 0 N–H and O–H groups in total. The van der Waals surface area contributed by atoms with Gasteiger partial charge in [0.2, 0.25) is 0 Å². The first-order valence-electron chi connectivity index (χ1n) is 8.96. The zero-order valence-electron chi connectivity index (χ0n) is 15.0. The average molecular weight is 334 g/mol. The topological polar surface area (TPSA) is 57.0 Å². The number of hydrogen-bond acceptors (Lipinski definition) is 4. The third-order valence-electron chi connectivity index (χ3n) is 5.01. The van der Waals surface area contributed by atoms with Crippen LogP contribution in [0.25, 0.3) is 4.85 Å². The second-order valence-electron chi connectivity index (χ2n) is 6.83. The number of ether oxygens (including phenoxy) is 2. The fourth-order valence-electron chi connectivity index (χ4n) is 3.48. The zero-order chi connectivity index (χ0) is 17.6. The Hall–Kier alpha value is -1.83. The van der Waals surface area contributed by atoms with Crippen molar-refractivity contribution in [3.05, 3.63) is 16.7 Å². The molecule has 0 aromatic rings. The Morgan fingerprint density at radius 2 is 2.21 bits per heavy atom. The van der Waals surface area contributed by atoms with Crippen LogP contribution in [0.15, 0.2) is 11.8 Å². The van der Waals surface area contributed by atoms with Gasteiger partial charge in [0.1, 0.15) is 5.76 Å². The van der Waals surface area contributed by atoms with Crippen LogP contribution in [0, 0.1) is 17.4 Å². The van der Waals surface area contributed by atoms with Gasteiger partial charge in [-0.05, 0) is 33.1 Å². The van der Waals surface area contributed by atoms with Crippen LogP contribution in [0.2, 0.25) is 0 Å². The maximum absolute atomic E-state index is 12.3. The van der Waals surface area contributed by atoms with Gasteiger partial charge in [-0.15, -0.1) is 0 Å². The molecule has 3 atom stereocenters. The SMILES string of the molecule is CCOC(=O)CC[C@]1(C)CCC[C@H]2C#[N+][C@@H]1C/C(OCC)=C\C2=O. The van der Waals surface area contributed by atoms with E-state index in [9.17, 15) is 9.59 Å². The van der Waals surface area contributed by atoms with Crippen molar-refractivity contribution < 1.29 is 19.1 Å². The summed E-state index contributed by atoms with van der Waals surface area (Å²) in [7, 11) is 0. The number of carbonyl (C=O) groups is 2. The predicted molar refractivity (Wildman–Crippen MR) is 91.7 cm³/mol. The number of nitrogens with zero attached hydrogens (tertiary/aromatic N) is 1. The molecule has 5 nitrogen and oxygen atoms in total. The Balaban J connectivity index is 2.21. The first-order chi connectivity index (χ1) is 11.5. The predicted octanol–water partition coefficient (Wildman–Crippen LogP) is 3.73. The van der Waals surface area contributed by atoms with E-state index in [1.54, 1.807) is 6.08 Å². The molecule has 0 saturated carbocycles. The number of rotatable bonds is 6. The number of allylic oxidation sites excluding steroid dienone is 1. The number of esters is 1. The Morgan fingerprint density at radius 3 is 2.92 bits per heavy atom. The molecular weight excluding hydrogens is 306 g/mol. The molecule has 2 bridgehead atoms. The van der Waals surface area contributed by atoms with Crippen LogP contribution in [0.3, 0.4) is 0 Å². The zero-order valence-corrected chi connectivity index (χ0v) is 15.0. The Labute approximate surface area is 144 Å². The lowest BCUT2D eigenvalue weighted by atomic mass is 9.71. The average Bonchev–Trinajstić information content (AvgIpc) is 2.52. The molecular formula is C19H28NO4+. The van der Waals surface area contributed by atoms with Gasteiger partial charge in [0.15, 0.2) is 11.7 Å². The molecule has 5 heteroatoms. The quantitative estimate of drug-likeness (QED) is 0.695. The number of hydrogen-bond donors (Lipinski definition) is 0. The van der Waals surface area contributed by atoms with Crippen LogP contribution in [-0.2, 0) is 19.1 Å². The van der Waals surface area contributed by atoms with Gasteiger partial charge < -0.3 is 9.47 Å². The van der Waals surface area contributed by atoms with Crippen LogP contribution < -0.4 is 0 Å². The number of fused-ring (bicyclic) bond motifs is 2. The summed E-state index contributed by atoms with van der Waals surface area (Å²) >= 11 is 0.